The largest absolute Gasteiger partial charge is 0.345 e. The van der Waals surface area contributed by atoms with Crippen molar-refractivity contribution in [2.45, 2.75) is 13.1 Å². The van der Waals surface area contributed by atoms with Gasteiger partial charge in [0.15, 0.2) is 11.5 Å². The van der Waals surface area contributed by atoms with E-state index in [1.807, 2.05) is 88.2 Å². The predicted octanol–water partition coefficient (Wildman–Crippen LogP) is 3.97. The molecule has 0 saturated carbocycles. The zero-order chi connectivity index (χ0) is 22.5. The molecule has 0 saturated heterocycles. The summed E-state index contributed by atoms with van der Waals surface area (Å²) in [6, 6.07) is 25.8. The third-order valence-corrected chi connectivity index (χ3v) is 5.24. The van der Waals surface area contributed by atoms with E-state index in [0.29, 0.717) is 12.4 Å². The number of fused-ring (bicyclic) bond motifs is 1. The zero-order valence-electron chi connectivity index (χ0n) is 17.9. The Balaban J connectivity index is 1.34. The molecule has 1 amide bonds. The number of nitrogens with one attached hydrogen (secondary N) is 1. The van der Waals surface area contributed by atoms with E-state index in [9.17, 15) is 4.79 Å². The van der Waals surface area contributed by atoms with Gasteiger partial charge in [0.2, 0.25) is 5.91 Å². The number of benzene rings is 2. The first-order chi connectivity index (χ1) is 16.3. The molecule has 7 nitrogen and oxygen atoms in total. The molecule has 2 aromatic carbocycles. The van der Waals surface area contributed by atoms with E-state index in [-0.39, 0.29) is 12.5 Å². The fourth-order valence-electron chi connectivity index (χ4n) is 3.63. The van der Waals surface area contributed by atoms with Gasteiger partial charge in [-0.15, -0.1) is 10.2 Å². The normalized spacial score (nSPS) is 11.3. The maximum Gasteiger partial charge on any atom is 0.244 e. The summed E-state index contributed by atoms with van der Waals surface area (Å²) >= 11 is 0. The van der Waals surface area contributed by atoms with Crippen LogP contribution < -0.4 is 5.32 Å². The smallest absolute Gasteiger partial charge is 0.244 e. The summed E-state index contributed by atoms with van der Waals surface area (Å²) in [7, 11) is 0. The minimum Gasteiger partial charge on any atom is -0.345 e. The van der Waals surface area contributed by atoms with Crippen molar-refractivity contribution in [3.8, 4) is 11.3 Å². The first-order valence-corrected chi connectivity index (χ1v) is 10.7. The summed E-state index contributed by atoms with van der Waals surface area (Å²) in [6.07, 6.45) is 7.17. The third kappa shape index (κ3) is 4.72. The van der Waals surface area contributed by atoms with Gasteiger partial charge in [-0.25, -0.2) is 0 Å². The molecule has 1 N–H and O–H groups in total. The number of pyridine rings is 1. The summed E-state index contributed by atoms with van der Waals surface area (Å²) in [5.41, 5.74) is 4.61. The molecule has 7 heteroatoms. The van der Waals surface area contributed by atoms with Crippen LogP contribution in [0.2, 0.25) is 0 Å². The Hall–Kier alpha value is -4.52. The van der Waals surface area contributed by atoms with Gasteiger partial charge in [-0.3, -0.25) is 13.9 Å². The van der Waals surface area contributed by atoms with Crippen LogP contribution >= 0.6 is 0 Å². The highest BCUT2D eigenvalue weighted by Crippen LogP contribution is 2.23. The van der Waals surface area contributed by atoms with Crippen LogP contribution in [-0.2, 0) is 17.9 Å². The molecule has 33 heavy (non-hydrogen) atoms. The molecule has 162 valence electrons. The first-order valence-electron chi connectivity index (χ1n) is 10.7. The average Bonchev–Trinajstić information content (AvgIpc) is 3.46. The second kappa shape index (κ2) is 9.32. The van der Waals surface area contributed by atoms with Crippen molar-refractivity contribution >= 4 is 17.6 Å². The minimum absolute atomic E-state index is 0.211. The Morgan fingerprint density at radius 2 is 1.67 bits per heavy atom. The van der Waals surface area contributed by atoms with Gasteiger partial charge in [-0.05, 0) is 23.8 Å². The summed E-state index contributed by atoms with van der Waals surface area (Å²) in [6.45, 7) is 0.938. The molecular weight excluding hydrogens is 412 g/mol. The fourth-order valence-corrected chi connectivity index (χ4v) is 3.63. The van der Waals surface area contributed by atoms with Crippen LogP contribution in [0.5, 0.6) is 0 Å². The molecule has 0 aliphatic heterocycles. The van der Waals surface area contributed by atoms with E-state index in [2.05, 4.69) is 27.6 Å². The van der Waals surface area contributed by atoms with Crippen molar-refractivity contribution in [2.24, 2.45) is 0 Å². The maximum atomic E-state index is 12.5. The molecule has 0 spiro atoms. The van der Waals surface area contributed by atoms with Gasteiger partial charge in [-0.2, -0.15) is 5.10 Å². The van der Waals surface area contributed by atoms with Crippen LogP contribution in [0, 0.1) is 0 Å². The standard InChI is InChI=1S/C26H22N6O/c33-25(27-17-24-29-28-23-13-7-8-16-32(23)24)15-14-22-19-31(18-20-9-3-1-4-10-20)30-26(22)21-11-5-2-6-12-21/h1-16,19H,17-18H2,(H,27,33). The highest BCUT2D eigenvalue weighted by molar-refractivity contribution is 5.92. The number of nitrogens with zero attached hydrogens (tertiary/aromatic N) is 5. The quantitative estimate of drug-likeness (QED) is 0.393. The van der Waals surface area contributed by atoms with E-state index < -0.39 is 0 Å². The molecule has 5 aromatic rings. The number of carbonyl (C=O) groups is 1. The average molecular weight is 435 g/mol. The molecule has 0 aliphatic rings. The van der Waals surface area contributed by atoms with Crippen LogP contribution in [-0.4, -0.2) is 30.3 Å². The number of amides is 1. The summed E-state index contributed by atoms with van der Waals surface area (Å²) in [5, 5.41) is 15.9. The van der Waals surface area contributed by atoms with Gasteiger partial charge in [0.1, 0.15) is 0 Å². The Morgan fingerprint density at radius 1 is 0.909 bits per heavy atom. The van der Waals surface area contributed by atoms with Crippen molar-refractivity contribution in [1.29, 1.82) is 0 Å². The fraction of sp³-hybridized carbons (Fsp3) is 0.0769. The number of hydrogen-bond donors (Lipinski definition) is 1. The third-order valence-electron chi connectivity index (χ3n) is 5.24. The van der Waals surface area contributed by atoms with Crippen LogP contribution in [0.3, 0.4) is 0 Å². The van der Waals surface area contributed by atoms with E-state index in [1.54, 1.807) is 6.08 Å². The molecule has 0 bridgehead atoms. The summed E-state index contributed by atoms with van der Waals surface area (Å²) in [4.78, 5) is 12.5. The molecular formula is C26H22N6O. The number of carbonyl (C=O) groups excluding carboxylic acids is 1. The zero-order valence-corrected chi connectivity index (χ0v) is 17.9. The van der Waals surface area contributed by atoms with Crippen molar-refractivity contribution < 1.29 is 4.79 Å². The second-order valence-electron chi connectivity index (χ2n) is 7.58. The van der Waals surface area contributed by atoms with E-state index in [0.717, 1.165) is 28.0 Å². The van der Waals surface area contributed by atoms with Gasteiger partial charge < -0.3 is 5.32 Å². The molecule has 3 heterocycles. The van der Waals surface area contributed by atoms with E-state index >= 15 is 0 Å². The SMILES string of the molecule is O=C(C=Cc1cn(Cc2ccccc2)nc1-c1ccccc1)NCc1nnc2ccccn12. The van der Waals surface area contributed by atoms with Crippen molar-refractivity contribution in [3.05, 3.63) is 114 Å². The summed E-state index contributed by atoms with van der Waals surface area (Å²) in [5.74, 6) is 0.463. The lowest BCUT2D eigenvalue weighted by Gasteiger charge is -2.01. The summed E-state index contributed by atoms with van der Waals surface area (Å²) < 4.78 is 3.75. The van der Waals surface area contributed by atoms with Gasteiger partial charge >= 0.3 is 0 Å². The molecule has 0 aliphatic carbocycles. The second-order valence-corrected chi connectivity index (χ2v) is 7.58. The Labute approximate surface area is 191 Å². The maximum absolute atomic E-state index is 12.5. The highest BCUT2D eigenvalue weighted by atomic mass is 16.1. The van der Waals surface area contributed by atoms with Gasteiger partial charge in [-0.1, -0.05) is 66.7 Å². The predicted molar refractivity (Wildman–Crippen MR) is 127 cm³/mol. The van der Waals surface area contributed by atoms with Crippen LogP contribution in [0.15, 0.2) is 97.3 Å². The van der Waals surface area contributed by atoms with Crippen molar-refractivity contribution in [2.75, 3.05) is 0 Å². The lowest BCUT2D eigenvalue weighted by molar-refractivity contribution is -0.116. The van der Waals surface area contributed by atoms with Gasteiger partial charge in [0, 0.05) is 29.6 Å². The topological polar surface area (TPSA) is 77.1 Å². The van der Waals surface area contributed by atoms with E-state index in [1.165, 1.54) is 6.08 Å². The lowest BCUT2D eigenvalue weighted by atomic mass is 10.1. The van der Waals surface area contributed by atoms with Gasteiger partial charge in [0.25, 0.3) is 0 Å². The van der Waals surface area contributed by atoms with Crippen LogP contribution in [0.4, 0.5) is 0 Å². The molecule has 0 fully saturated rings. The first kappa shape index (κ1) is 20.4. The Bertz CT molecular complexity index is 1400. The molecule has 5 rings (SSSR count). The van der Waals surface area contributed by atoms with Crippen molar-refractivity contribution in [3.63, 3.8) is 0 Å². The highest BCUT2D eigenvalue weighted by Gasteiger charge is 2.11. The molecule has 3 aromatic heterocycles. The molecule has 0 unspecified atom stereocenters. The number of aromatic nitrogens is 5. The van der Waals surface area contributed by atoms with Crippen LogP contribution in [0.25, 0.3) is 23.0 Å². The number of hydrogen-bond acceptors (Lipinski definition) is 4. The molecule has 0 radical (unpaired) electrons. The lowest BCUT2D eigenvalue weighted by Crippen LogP contribution is -2.21. The van der Waals surface area contributed by atoms with Crippen LogP contribution in [0.1, 0.15) is 17.0 Å². The number of rotatable bonds is 7. The van der Waals surface area contributed by atoms with Crippen molar-refractivity contribution in [1.82, 2.24) is 29.7 Å². The Kier molecular flexibility index (Phi) is 5.75. The van der Waals surface area contributed by atoms with E-state index in [4.69, 9.17) is 5.10 Å². The monoisotopic (exact) mass is 434 g/mol. The Morgan fingerprint density at radius 3 is 2.48 bits per heavy atom. The molecule has 0 atom stereocenters. The van der Waals surface area contributed by atoms with Gasteiger partial charge in [0.05, 0.1) is 18.8 Å². The minimum atomic E-state index is -0.211.